The first-order valence-electron chi connectivity index (χ1n) is 9.29. The lowest BCUT2D eigenvalue weighted by molar-refractivity contribution is -0.143. The number of thiazole rings is 1. The lowest BCUT2D eigenvalue weighted by atomic mass is 10.2. The first-order chi connectivity index (χ1) is 14.3. The fourth-order valence-electron chi connectivity index (χ4n) is 2.78. The SMILES string of the molecule is CCOC(=O)Cn1c(=NC(=O)c2ccc(SC(C)C)cc2)sc2c(Cl)ccc(Cl)c21. The van der Waals surface area contributed by atoms with Gasteiger partial charge in [-0.1, -0.05) is 48.4 Å². The number of esters is 1. The Bertz CT molecular complexity index is 1150. The zero-order chi connectivity index (χ0) is 21.8. The number of ether oxygens (including phenoxy) is 1. The van der Waals surface area contributed by atoms with Crippen molar-refractivity contribution in [1.82, 2.24) is 4.57 Å². The maximum atomic E-state index is 12.8. The number of thioether (sulfide) groups is 1. The molecule has 0 saturated carbocycles. The number of rotatable bonds is 6. The van der Waals surface area contributed by atoms with Gasteiger partial charge in [0.1, 0.15) is 6.54 Å². The second-order valence-corrected chi connectivity index (χ2v) is 10.0. The van der Waals surface area contributed by atoms with Crippen LogP contribution in [0.3, 0.4) is 0 Å². The summed E-state index contributed by atoms with van der Waals surface area (Å²) in [5, 5.41) is 1.34. The summed E-state index contributed by atoms with van der Waals surface area (Å²) in [6, 6.07) is 10.6. The molecule has 2 aromatic carbocycles. The van der Waals surface area contributed by atoms with E-state index in [1.54, 1.807) is 47.5 Å². The molecule has 0 atom stereocenters. The Labute approximate surface area is 192 Å². The standard InChI is InChI=1S/C21H20Cl2N2O3S2/c1-4-28-17(26)11-25-18-15(22)9-10-16(23)19(18)30-21(25)24-20(27)13-5-7-14(8-6-13)29-12(2)3/h5-10,12H,4,11H2,1-3H3. The molecule has 5 nitrogen and oxygen atoms in total. The molecule has 0 unspecified atom stereocenters. The lowest BCUT2D eigenvalue weighted by Gasteiger charge is -2.07. The lowest BCUT2D eigenvalue weighted by Crippen LogP contribution is -2.23. The number of carbonyl (C=O) groups is 2. The maximum absolute atomic E-state index is 12.8. The Balaban J connectivity index is 2.06. The third-order valence-electron chi connectivity index (χ3n) is 3.99. The fourth-order valence-corrected chi connectivity index (χ4v) is 5.26. The quantitative estimate of drug-likeness (QED) is 0.328. The molecule has 1 aromatic heterocycles. The van der Waals surface area contributed by atoms with Crippen LogP contribution in [0, 0.1) is 0 Å². The molecule has 0 aliphatic heterocycles. The third kappa shape index (κ3) is 5.27. The smallest absolute Gasteiger partial charge is 0.326 e. The number of benzene rings is 2. The minimum atomic E-state index is -0.447. The van der Waals surface area contributed by atoms with Gasteiger partial charge in [-0.2, -0.15) is 4.99 Å². The molecule has 0 N–H and O–H groups in total. The Kier molecular flexibility index (Phi) is 7.63. The van der Waals surface area contributed by atoms with Gasteiger partial charge in [0, 0.05) is 15.7 Å². The predicted octanol–water partition coefficient (Wildman–Crippen LogP) is 5.81. The van der Waals surface area contributed by atoms with Gasteiger partial charge in [-0.05, 0) is 43.3 Å². The molecule has 0 aliphatic carbocycles. The van der Waals surface area contributed by atoms with Crippen molar-refractivity contribution in [2.45, 2.75) is 37.5 Å². The van der Waals surface area contributed by atoms with Crippen LogP contribution in [0.5, 0.6) is 0 Å². The molecule has 3 aromatic rings. The predicted molar refractivity (Wildman–Crippen MR) is 124 cm³/mol. The summed E-state index contributed by atoms with van der Waals surface area (Å²) in [5.41, 5.74) is 1.01. The van der Waals surface area contributed by atoms with Crippen LogP contribution in [-0.2, 0) is 16.1 Å². The van der Waals surface area contributed by atoms with Crippen LogP contribution in [-0.4, -0.2) is 28.3 Å². The summed E-state index contributed by atoms with van der Waals surface area (Å²) >= 11 is 15.6. The van der Waals surface area contributed by atoms with Gasteiger partial charge in [0.2, 0.25) is 0 Å². The van der Waals surface area contributed by atoms with Gasteiger partial charge in [0.05, 0.1) is 26.9 Å². The van der Waals surface area contributed by atoms with Crippen molar-refractivity contribution < 1.29 is 14.3 Å². The molecule has 0 spiro atoms. The summed E-state index contributed by atoms with van der Waals surface area (Å²) in [7, 11) is 0. The zero-order valence-corrected chi connectivity index (χ0v) is 19.8. The minimum absolute atomic E-state index is 0.121. The second-order valence-electron chi connectivity index (χ2n) is 6.59. The number of carbonyl (C=O) groups excluding carboxylic acids is 2. The summed E-state index contributed by atoms with van der Waals surface area (Å²) in [5.74, 6) is -0.857. The van der Waals surface area contributed by atoms with Gasteiger partial charge in [0.15, 0.2) is 4.80 Å². The number of nitrogens with zero attached hydrogens (tertiary/aromatic N) is 2. The van der Waals surface area contributed by atoms with E-state index in [4.69, 9.17) is 27.9 Å². The van der Waals surface area contributed by atoms with Crippen LogP contribution in [0.1, 0.15) is 31.1 Å². The van der Waals surface area contributed by atoms with E-state index in [1.807, 2.05) is 12.1 Å². The van der Waals surface area contributed by atoms with E-state index in [0.717, 1.165) is 4.90 Å². The van der Waals surface area contributed by atoms with Gasteiger partial charge in [-0.3, -0.25) is 9.59 Å². The van der Waals surface area contributed by atoms with E-state index >= 15 is 0 Å². The molecule has 158 valence electrons. The zero-order valence-electron chi connectivity index (χ0n) is 16.6. The van der Waals surface area contributed by atoms with E-state index in [-0.39, 0.29) is 13.2 Å². The van der Waals surface area contributed by atoms with Crippen molar-refractivity contribution in [2.75, 3.05) is 6.61 Å². The molecule has 1 amide bonds. The minimum Gasteiger partial charge on any atom is -0.465 e. The van der Waals surface area contributed by atoms with Crippen LogP contribution < -0.4 is 4.80 Å². The van der Waals surface area contributed by atoms with Gasteiger partial charge in [0.25, 0.3) is 5.91 Å². The molecule has 0 fully saturated rings. The van der Waals surface area contributed by atoms with Crippen molar-refractivity contribution in [3.8, 4) is 0 Å². The molecule has 30 heavy (non-hydrogen) atoms. The van der Waals surface area contributed by atoms with Gasteiger partial charge < -0.3 is 9.30 Å². The number of halogens is 2. The van der Waals surface area contributed by atoms with Crippen LogP contribution in [0.4, 0.5) is 0 Å². The highest BCUT2D eigenvalue weighted by Crippen LogP contribution is 2.32. The van der Waals surface area contributed by atoms with Crippen molar-refractivity contribution in [2.24, 2.45) is 4.99 Å². The Hall–Kier alpha value is -1.80. The highest BCUT2D eigenvalue weighted by atomic mass is 35.5. The van der Waals surface area contributed by atoms with E-state index in [0.29, 0.717) is 35.9 Å². The molecular weight excluding hydrogens is 463 g/mol. The number of amides is 1. The van der Waals surface area contributed by atoms with E-state index in [9.17, 15) is 9.59 Å². The van der Waals surface area contributed by atoms with E-state index in [1.165, 1.54) is 11.3 Å². The van der Waals surface area contributed by atoms with Crippen molar-refractivity contribution in [1.29, 1.82) is 0 Å². The average molecular weight is 483 g/mol. The van der Waals surface area contributed by atoms with Crippen LogP contribution in [0.25, 0.3) is 10.2 Å². The maximum Gasteiger partial charge on any atom is 0.326 e. The molecular formula is C21H20Cl2N2O3S2. The summed E-state index contributed by atoms with van der Waals surface area (Å²) < 4.78 is 7.30. The van der Waals surface area contributed by atoms with Crippen LogP contribution >= 0.6 is 46.3 Å². The number of hydrogen-bond donors (Lipinski definition) is 0. The van der Waals surface area contributed by atoms with Gasteiger partial charge >= 0.3 is 5.97 Å². The first-order valence-corrected chi connectivity index (χ1v) is 11.7. The van der Waals surface area contributed by atoms with Gasteiger partial charge in [-0.15, -0.1) is 11.8 Å². The molecule has 0 saturated heterocycles. The van der Waals surface area contributed by atoms with Crippen molar-refractivity contribution >= 4 is 68.4 Å². The Morgan fingerprint density at radius 3 is 2.43 bits per heavy atom. The largest absolute Gasteiger partial charge is 0.465 e. The van der Waals surface area contributed by atoms with Crippen LogP contribution in [0.2, 0.25) is 10.0 Å². The molecule has 1 heterocycles. The Morgan fingerprint density at radius 2 is 1.80 bits per heavy atom. The number of aromatic nitrogens is 1. The number of fused-ring (bicyclic) bond motifs is 1. The van der Waals surface area contributed by atoms with Crippen LogP contribution in [0.15, 0.2) is 46.3 Å². The van der Waals surface area contributed by atoms with Crippen molar-refractivity contribution in [3.63, 3.8) is 0 Å². The van der Waals surface area contributed by atoms with Gasteiger partial charge in [-0.25, -0.2) is 0 Å². The van der Waals surface area contributed by atoms with E-state index < -0.39 is 11.9 Å². The molecule has 3 rings (SSSR count). The summed E-state index contributed by atoms with van der Waals surface area (Å²) in [4.78, 5) is 30.6. The fraction of sp³-hybridized carbons (Fsp3) is 0.286. The monoisotopic (exact) mass is 482 g/mol. The summed E-state index contributed by atoms with van der Waals surface area (Å²) in [6.45, 7) is 6.08. The van der Waals surface area contributed by atoms with E-state index in [2.05, 4.69) is 18.8 Å². The average Bonchev–Trinajstić information content (AvgIpc) is 3.04. The second kappa shape index (κ2) is 10.0. The molecule has 0 bridgehead atoms. The molecule has 0 aliphatic rings. The molecule has 0 radical (unpaired) electrons. The Morgan fingerprint density at radius 1 is 1.13 bits per heavy atom. The highest BCUT2D eigenvalue weighted by Gasteiger charge is 2.17. The normalized spacial score (nSPS) is 12.0. The molecule has 9 heteroatoms. The third-order valence-corrected chi connectivity index (χ3v) is 6.85. The number of hydrogen-bond acceptors (Lipinski definition) is 5. The first kappa shape index (κ1) is 22.9. The topological polar surface area (TPSA) is 60.7 Å². The highest BCUT2D eigenvalue weighted by molar-refractivity contribution is 7.99. The summed E-state index contributed by atoms with van der Waals surface area (Å²) in [6.07, 6.45) is 0. The van der Waals surface area contributed by atoms with Crippen molar-refractivity contribution in [3.05, 3.63) is 56.8 Å².